The average Bonchev–Trinajstić information content (AvgIpc) is 2.92. The first-order valence-electron chi connectivity index (χ1n) is 15.1. The Morgan fingerprint density at radius 3 is 1.97 bits per heavy atom. The van der Waals surface area contributed by atoms with Crippen molar-refractivity contribution in [1.29, 1.82) is 0 Å². The number of carbonyl (C=O) groups excluding carboxylic acids is 2. The van der Waals surface area contributed by atoms with Crippen LogP contribution < -0.4 is 0 Å². The summed E-state index contributed by atoms with van der Waals surface area (Å²) in [6, 6.07) is 18.3. The Hall–Kier alpha value is -2.46. The Kier molecular flexibility index (Phi) is 12.5. The van der Waals surface area contributed by atoms with Crippen molar-refractivity contribution in [2.45, 2.75) is 97.9 Å². The van der Waals surface area contributed by atoms with Crippen molar-refractivity contribution in [3.63, 3.8) is 0 Å². The van der Waals surface area contributed by atoms with Crippen molar-refractivity contribution in [3.05, 3.63) is 70.8 Å². The maximum atomic E-state index is 13.3. The van der Waals surface area contributed by atoms with E-state index in [1.54, 1.807) is 6.92 Å². The van der Waals surface area contributed by atoms with E-state index in [1.165, 1.54) is 35.1 Å². The number of rotatable bonds is 15. The third kappa shape index (κ3) is 9.38. The Bertz CT molecular complexity index is 975. The van der Waals surface area contributed by atoms with Crippen LogP contribution >= 0.6 is 0 Å². The minimum absolute atomic E-state index is 0.217. The van der Waals surface area contributed by atoms with Gasteiger partial charge in [0.2, 0.25) is 5.91 Å². The number of Topliss-reactive ketones (excluding diaryl/α,β-unsaturated/α-hetero) is 1. The second-order valence-corrected chi connectivity index (χ2v) is 11.3. The summed E-state index contributed by atoms with van der Waals surface area (Å²) in [6.07, 6.45) is 10.3. The van der Waals surface area contributed by atoms with E-state index in [1.807, 2.05) is 0 Å². The van der Waals surface area contributed by atoms with Gasteiger partial charge in [-0.25, -0.2) is 0 Å². The predicted octanol–water partition coefficient (Wildman–Crippen LogP) is 7.53. The van der Waals surface area contributed by atoms with Gasteiger partial charge < -0.3 is 9.69 Å². The van der Waals surface area contributed by atoms with Gasteiger partial charge in [0, 0.05) is 39.0 Å². The molecule has 3 rings (SSSR count). The number of carbonyl (C=O) groups is 2. The van der Waals surface area contributed by atoms with Crippen LogP contribution in [0.25, 0.3) is 0 Å². The number of piperazine rings is 1. The fourth-order valence-electron chi connectivity index (χ4n) is 5.82. The fourth-order valence-corrected chi connectivity index (χ4v) is 5.82. The van der Waals surface area contributed by atoms with Crippen molar-refractivity contribution >= 4 is 11.7 Å². The number of hydrogen-bond donors (Lipinski definition) is 0. The molecule has 2 aromatic carbocycles. The number of amides is 1. The van der Waals surface area contributed by atoms with Crippen molar-refractivity contribution < 1.29 is 9.59 Å². The molecule has 2 atom stereocenters. The molecule has 1 fully saturated rings. The van der Waals surface area contributed by atoms with Gasteiger partial charge in [-0.3, -0.25) is 9.69 Å². The maximum absolute atomic E-state index is 13.3. The minimum atomic E-state index is 0.217. The molecule has 1 amide bonds. The predicted molar refractivity (Wildman–Crippen MR) is 158 cm³/mol. The molecule has 1 aliphatic heterocycles. The molecule has 0 radical (unpaired) electrons. The smallest absolute Gasteiger partial charge is 0.222 e. The summed E-state index contributed by atoms with van der Waals surface area (Å²) in [5.41, 5.74) is 5.30. The van der Waals surface area contributed by atoms with Gasteiger partial charge in [0.25, 0.3) is 0 Å². The summed E-state index contributed by atoms with van der Waals surface area (Å²) < 4.78 is 0. The average molecular weight is 519 g/mol. The Morgan fingerprint density at radius 1 is 0.789 bits per heavy atom. The van der Waals surface area contributed by atoms with E-state index in [0.29, 0.717) is 30.4 Å². The van der Waals surface area contributed by atoms with Crippen molar-refractivity contribution in [2.24, 2.45) is 5.92 Å². The van der Waals surface area contributed by atoms with E-state index in [9.17, 15) is 9.59 Å². The van der Waals surface area contributed by atoms with Crippen LogP contribution in [0.2, 0.25) is 0 Å². The molecule has 2 unspecified atom stereocenters. The number of aryl methyl sites for hydroxylation is 2. The molecule has 38 heavy (non-hydrogen) atoms. The second kappa shape index (κ2) is 15.8. The third-order valence-electron chi connectivity index (χ3n) is 8.18. The first-order chi connectivity index (χ1) is 18.4. The van der Waals surface area contributed by atoms with Crippen LogP contribution in [0, 0.1) is 12.8 Å². The number of unbranched alkanes of at least 4 members (excludes halogenated alkanes) is 3. The van der Waals surface area contributed by atoms with Crippen LogP contribution in [0.5, 0.6) is 0 Å². The highest BCUT2D eigenvalue weighted by Crippen LogP contribution is 2.31. The summed E-state index contributed by atoms with van der Waals surface area (Å²) >= 11 is 0. The van der Waals surface area contributed by atoms with Crippen LogP contribution in [0.4, 0.5) is 0 Å². The number of hydrogen-bond acceptors (Lipinski definition) is 3. The molecule has 0 spiro atoms. The molecule has 4 heteroatoms. The number of ketones is 1. The topological polar surface area (TPSA) is 40.6 Å². The van der Waals surface area contributed by atoms with E-state index in [4.69, 9.17) is 0 Å². The highest BCUT2D eigenvalue weighted by atomic mass is 16.2. The maximum Gasteiger partial charge on any atom is 0.222 e. The van der Waals surface area contributed by atoms with E-state index in [-0.39, 0.29) is 6.04 Å². The number of benzene rings is 2. The lowest BCUT2D eigenvalue weighted by molar-refractivity contribution is -0.134. The molecule has 0 bridgehead atoms. The Labute approximate surface area is 231 Å². The molecule has 208 valence electrons. The Balaban J connectivity index is 1.56. The first kappa shape index (κ1) is 30.1. The monoisotopic (exact) mass is 518 g/mol. The second-order valence-electron chi connectivity index (χ2n) is 11.3. The van der Waals surface area contributed by atoms with Crippen LogP contribution in [0.3, 0.4) is 0 Å². The molecule has 1 saturated heterocycles. The van der Waals surface area contributed by atoms with E-state index in [2.05, 4.69) is 79.1 Å². The largest absolute Gasteiger partial charge is 0.340 e. The zero-order valence-electron chi connectivity index (χ0n) is 24.4. The molecule has 0 N–H and O–H groups in total. The van der Waals surface area contributed by atoms with Gasteiger partial charge in [0.1, 0.15) is 5.78 Å². The summed E-state index contributed by atoms with van der Waals surface area (Å²) in [5.74, 6) is 1.11. The highest BCUT2D eigenvalue weighted by Gasteiger charge is 2.29. The van der Waals surface area contributed by atoms with Gasteiger partial charge >= 0.3 is 0 Å². The lowest BCUT2D eigenvalue weighted by atomic mass is 9.92. The lowest BCUT2D eigenvalue weighted by Gasteiger charge is -2.40. The van der Waals surface area contributed by atoms with Gasteiger partial charge in [-0.05, 0) is 55.7 Å². The van der Waals surface area contributed by atoms with Crippen molar-refractivity contribution in [2.75, 3.05) is 26.2 Å². The van der Waals surface area contributed by atoms with Crippen LogP contribution in [0.1, 0.15) is 107 Å². The van der Waals surface area contributed by atoms with Crippen LogP contribution in [-0.2, 0) is 16.0 Å². The SMILES string of the molecule is CCCC(CCCCCCC(C)=O)CC(=O)N1CCN(C(c2ccc(C)cc2)c2ccc(CC)cc2)CC1. The zero-order chi connectivity index (χ0) is 27.3. The standard InChI is InChI=1S/C34H50N2O2/c1-5-11-30(13-10-8-7-9-12-28(4)37)26-33(38)35-22-24-36(25-23-35)34(31-18-14-27(3)15-19-31)32-20-16-29(6-2)17-21-32/h14-21,30,34H,5-13,22-26H2,1-4H3. The van der Waals surface area contributed by atoms with Gasteiger partial charge in [0.15, 0.2) is 0 Å². The lowest BCUT2D eigenvalue weighted by Crippen LogP contribution is -2.50. The van der Waals surface area contributed by atoms with Gasteiger partial charge in [-0.1, -0.05) is 100 Å². The van der Waals surface area contributed by atoms with Crippen LogP contribution in [0.15, 0.2) is 48.5 Å². The van der Waals surface area contributed by atoms with Gasteiger partial charge in [-0.15, -0.1) is 0 Å². The zero-order valence-corrected chi connectivity index (χ0v) is 24.4. The van der Waals surface area contributed by atoms with E-state index >= 15 is 0 Å². The fraction of sp³-hybridized carbons (Fsp3) is 0.588. The van der Waals surface area contributed by atoms with Crippen molar-refractivity contribution in [3.8, 4) is 0 Å². The van der Waals surface area contributed by atoms with Gasteiger partial charge in [0.05, 0.1) is 6.04 Å². The molecular formula is C34H50N2O2. The molecular weight excluding hydrogens is 468 g/mol. The molecule has 2 aromatic rings. The number of nitrogens with zero attached hydrogens (tertiary/aromatic N) is 2. The van der Waals surface area contributed by atoms with E-state index in [0.717, 1.165) is 64.7 Å². The molecule has 0 aliphatic carbocycles. The summed E-state index contributed by atoms with van der Waals surface area (Å²) in [6.45, 7) is 11.6. The summed E-state index contributed by atoms with van der Waals surface area (Å²) in [4.78, 5) is 29.1. The molecule has 4 nitrogen and oxygen atoms in total. The molecule has 1 heterocycles. The summed E-state index contributed by atoms with van der Waals surface area (Å²) in [7, 11) is 0. The molecule has 1 aliphatic rings. The summed E-state index contributed by atoms with van der Waals surface area (Å²) in [5, 5.41) is 0. The third-order valence-corrected chi connectivity index (χ3v) is 8.18. The van der Waals surface area contributed by atoms with E-state index < -0.39 is 0 Å². The minimum Gasteiger partial charge on any atom is -0.340 e. The van der Waals surface area contributed by atoms with Crippen molar-refractivity contribution in [1.82, 2.24) is 9.80 Å². The molecule has 0 aromatic heterocycles. The molecule has 0 saturated carbocycles. The first-order valence-corrected chi connectivity index (χ1v) is 15.1. The van der Waals surface area contributed by atoms with Crippen LogP contribution in [-0.4, -0.2) is 47.7 Å². The Morgan fingerprint density at radius 2 is 1.39 bits per heavy atom. The highest BCUT2D eigenvalue weighted by molar-refractivity contribution is 5.76. The quantitative estimate of drug-likeness (QED) is 0.229. The normalized spacial score (nSPS) is 15.8. The van der Waals surface area contributed by atoms with Gasteiger partial charge in [-0.2, -0.15) is 0 Å².